The molecule has 2 aromatic heterocycles. The van der Waals surface area contributed by atoms with Gasteiger partial charge in [-0.25, -0.2) is 0 Å². The molecule has 16 heavy (non-hydrogen) atoms. The molecular formula is C11H15N3OS. The maximum absolute atomic E-state index is 5.67. The van der Waals surface area contributed by atoms with Crippen molar-refractivity contribution in [3.8, 4) is 11.6 Å². The lowest BCUT2D eigenvalue weighted by molar-refractivity contribution is 0.513. The van der Waals surface area contributed by atoms with Gasteiger partial charge in [-0.2, -0.15) is 5.10 Å². The zero-order chi connectivity index (χ0) is 11.7. The monoisotopic (exact) mass is 237 g/mol. The molecule has 0 aliphatic heterocycles. The number of nitrogens with one attached hydrogen (secondary N) is 1. The van der Waals surface area contributed by atoms with Gasteiger partial charge in [-0.05, 0) is 38.2 Å². The lowest BCUT2D eigenvalue weighted by Crippen LogP contribution is -2.02. The number of furan rings is 1. The van der Waals surface area contributed by atoms with Crippen LogP contribution in [0.2, 0.25) is 0 Å². The van der Waals surface area contributed by atoms with E-state index in [0.29, 0.717) is 4.77 Å². The molecule has 0 atom stereocenters. The maximum Gasteiger partial charge on any atom is 0.198 e. The minimum atomic E-state index is 0.261. The molecule has 2 aromatic rings. The van der Waals surface area contributed by atoms with Gasteiger partial charge in [-0.1, -0.05) is 6.92 Å². The van der Waals surface area contributed by atoms with Crippen molar-refractivity contribution in [2.45, 2.75) is 33.2 Å². The third kappa shape index (κ3) is 1.82. The third-order valence-electron chi connectivity index (χ3n) is 2.45. The summed E-state index contributed by atoms with van der Waals surface area (Å²) in [5.41, 5.74) is 0. The predicted octanol–water partition coefficient (Wildman–Crippen LogP) is 3.34. The molecule has 1 N–H and O–H groups in total. The summed E-state index contributed by atoms with van der Waals surface area (Å²) < 4.78 is 8.25. The number of aromatic amines is 1. The first kappa shape index (κ1) is 11.1. The van der Waals surface area contributed by atoms with Crippen LogP contribution in [0.15, 0.2) is 16.5 Å². The van der Waals surface area contributed by atoms with Gasteiger partial charge in [0.1, 0.15) is 5.76 Å². The van der Waals surface area contributed by atoms with Crippen LogP contribution < -0.4 is 0 Å². The van der Waals surface area contributed by atoms with E-state index in [9.17, 15) is 0 Å². The molecule has 0 radical (unpaired) electrons. The van der Waals surface area contributed by atoms with Crippen LogP contribution in [0, 0.1) is 4.77 Å². The number of rotatable bonds is 3. The molecule has 2 heterocycles. The molecule has 0 aromatic carbocycles. The third-order valence-corrected chi connectivity index (χ3v) is 2.74. The van der Waals surface area contributed by atoms with Crippen molar-refractivity contribution in [1.29, 1.82) is 0 Å². The Bertz CT molecular complexity index is 535. The van der Waals surface area contributed by atoms with Gasteiger partial charge in [0.05, 0.1) is 0 Å². The van der Waals surface area contributed by atoms with Crippen LogP contribution in [0.4, 0.5) is 0 Å². The smallest absolute Gasteiger partial charge is 0.198 e. The standard InChI is InChI=1S/C11H15N3OS/c1-4-8-5-6-9(15-8)10-12-13-11(16)14(10)7(2)3/h5-7H,4H2,1-3H3,(H,13,16). The van der Waals surface area contributed by atoms with Crippen molar-refractivity contribution < 1.29 is 4.42 Å². The molecule has 0 saturated heterocycles. The van der Waals surface area contributed by atoms with E-state index in [4.69, 9.17) is 16.6 Å². The Morgan fingerprint density at radius 3 is 2.81 bits per heavy atom. The van der Waals surface area contributed by atoms with Crippen LogP contribution in [0.1, 0.15) is 32.6 Å². The summed E-state index contributed by atoms with van der Waals surface area (Å²) in [4.78, 5) is 0. The lowest BCUT2D eigenvalue weighted by atomic mass is 10.3. The first-order valence-electron chi connectivity index (χ1n) is 5.39. The van der Waals surface area contributed by atoms with Crippen LogP contribution in [0.5, 0.6) is 0 Å². The first-order chi connectivity index (χ1) is 7.63. The van der Waals surface area contributed by atoms with Gasteiger partial charge in [0.15, 0.2) is 16.4 Å². The summed E-state index contributed by atoms with van der Waals surface area (Å²) in [7, 11) is 0. The topological polar surface area (TPSA) is 46.8 Å². The van der Waals surface area contributed by atoms with E-state index in [0.717, 1.165) is 23.8 Å². The number of hydrogen-bond acceptors (Lipinski definition) is 3. The second-order valence-corrected chi connectivity index (χ2v) is 4.32. The quantitative estimate of drug-likeness (QED) is 0.833. The Hall–Kier alpha value is -1.36. The minimum Gasteiger partial charge on any atom is -0.458 e. The highest BCUT2D eigenvalue weighted by Gasteiger charge is 2.14. The zero-order valence-corrected chi connectivity index (χ0v) is 10.5. The predicted molar refractivity (Wildman–Crippen MR) is 64.9 cm³/mol. The molecular weight excluding hydrogens is 222 g/mol. The Kier molecular flexibility index (Phi) is 2.96. The SMILES string of the molecule is CCc1ccc(-c2n[nH]c(=S)n2C(C)C)o1. The van der Waals surface area contributed by atoms with Crippen molar-refractivity contribution in [2.24, 2.45) is 0 Å². The van der Waals surface area contributed by atoms with Gasteiger partial charge in [-0.15, -0.1) is 0 Å². The number of aromatic nitrogens is 3. The molecule has 4 nitrogen and oxygen atoms in total. The summed E-state index contributed by atoms with van der Waals surface area (Å²) in [6.07, 6.45) is 0.882. The largest absolute Gasteiger partial charge is 0.458 e. The molecule has 86 valence electrons. The first-order valence-corrected chi connectivity index (χ1v) is 5.80. The Morgan fingerprint density at radius 2 is 2.25 bits per heavy atom. The van der Waals surface area contributed by atoms with Crippen LogP contribution in [-0.2, 0) is 6.42 Å². The van der Waals surface area contributed by atoms with Crippen LogP contribution in [0.25, 0.3) is 11.6 Å². The molecule has 0 fully saturated rings. The van der Waals surface area contributed by atoms with Gasteiger partial charge < -0.3 is 4.42 Å². The van der Waals surface area contributed by atoms with Gasteiger partial charge >= 0.3 is 0 Å². The second kappa shape index (κ2) is 4.25. The van der Waals surface area contributed by atoms with Crippen molar-refractivity contribution in [3.05, 3.63) is 22.7 Å². The second-order valence-electron chi connectivity index (χ2n) is 3.94. The van der Waals surface area contributed by atoms with Crippen molar-refractivity contribution in [1.82, 2.24) is 14.8 Å². The van der Waals surface area contributed by atoms with Crippen LogP contribution in [-0.4, -0.2) is 14.8 Å². The van der Waals surface area contributed by atoms with Crippen molar-refractivity contribution in [3.63, 3.8) is 0 Å². The maximum atomic E-state index is 5.67. The van der Waals surface area contributed by atoms with E-state index in [2.05, 4.69) is 31.0 Å². The summed E-state index contributed by atoms with van der Waals surface area (Å²) in [6, 6.07) is 4.16. The van der Waals surface area contributed by atoms with E-state index in [-0.39, 0.29) is 6.04 Å². The van der Waals surface area contributed by atoms with Gasteiger partial charge in [0.25, 0.3) is 0 Å². The van der Waals surface area contributed by atoms with Gasteiger partial charge in [-0.3, -0.25) is 9.67 Å². The Labute approximate surface area is 99.3 Å². The summed E-state index contributed by atoms with van der Waals surface area (Å²) in [5, 5.41) is 7.01. The average Bonchev–Trinajstić information content (AvgIpc) is 2.82. The number of nitrogens with zero attached hydrogens (tertiary/aromatic N) is 2. The number of hydrogen-bond donors (Lipinski definition) is 1. The van der Waals surface area contributed by atoms with Gasteiger partial charge in [0.2, 0.25) is 0 Å². The summed E-state index contributed by atoms with van der Waals surface area (Å²) >= 11 is 5.19. The number of H-pyrrole nitrogens is 1. The van der Waals surface area contributed by atoms with E-state index >= 15 is 0 Å². The summed E-state index contributed by atoms with van der Waals surface area (Å²) in [6.45, 7) is 6.19. The molecule has 0 aliphatic rings. The van der Waals surface area contributed by atoms with Gasteiger partial charge in [0, 0.05) is 12.5 Å². The molecule has 0 bridgehead atoms. The molecule has 0 amide bonds. The van der Waals surface area contributed by atoms with Crippen molar-refractivity contribution >= 4 is 12.2 Å². The van der Waals surface area contributed by atoms with E-state index < -0.39 is 0 Å². The van der Waals surface area contributed by atoms with E-state index in [1.807, 2.05) is 16.7 Å². The van der Waals surface area contributed by atoms with Crippen LogP contribution >= 0.6 is 12.2 Å². The highest BCUT2D eigenvalue weighted by atomic mass is 32.1. The highest BCUT2D eigenvalue weighted by Crippen LogP contribution is 2.23. The fourth-order valence-electron chi connectivity index (χ4n) is 1.65. The fourth-order valence-corrected chi connectivity index (χ4v) is 1.99. The van der Waals surface area contributed by atoms with Crippen molar-refractivity contribution in [2.75, 3.05) is 0 Å². The molecule has 2 rings (SSSR count). The highest BCUT2D eigenvalue weighted by molar-refractivity contribution is 7.71. The fraction of sp³-hybridized carbons (Fsp3) is 0.455. The van der Waals surface area contributed by atoms with E-state index in [1.165, 1.54) is 0 Å². The molecule has 5 heteroatoms. The van der Waals surface area contributed by atoms with E-state index in [1.54, 1.807) is 0 Å². The van der Waals surface area contributed by atoms with Crippen LogP contribution in [0.3, 0.4) is 0 Å². The molecule has 0 saturated carbocycles. The zero-order valence-electron chi connectivity index (χ0n) is 9.65. The molecule has 0 aliphatic carbocycles. The number of aryl methyl sites for hydroxylation is 1. The normalized spacial score (nSPS) is 11.2. The molecule has 0 unspecified atom stereocenters. The lowest BCUT2D eigenvalue weighted by Gasteiger charge is -2.08. The Balaban J connectivity index is 2.51. The average molecular weight is 237 g/mol. The minimum absolute atomic E-state index is 0.261. The summed E-state index contributed by atoms with van der Waals surface area (Å²) in [5.74, 6) is 2.48. The molecule has 0 spiro atoms. The Morgan fingerprint density at radius 1 is 1.50 bits per heavy atom.